The fourth-order valence-corrected chi connectivity index (χ4v) is 5.24. The number of rotatable bonds is 13. The fourth-order valence-electron chi connectivity index (χ4n) is 3.70. The van der Waals surface area contributed by atoms with Crippen molar-refractivity contribution in [2.45, 2.75) is 23.5 Å². The molecule has 1 aliphatic heterocycles. The third-order valence-electron chi connectivity index (χ3n) is 5.58. The molecule has 0 saturated heterocycles. The number of carbonyl (C=O) groups is 1. The van der Waals surface area contributed by atoms with Crippen molar-refractivity contribution in [3.8, 4) is 5.75 Å². The summed E-state index contributed by atoms with van der Waals surface area (Å²) in [7, 11) is -2.40. The molecule has 1 heterocycles. The van der Waals surface area contributed by atoms with Crippen molar-refractivity contribution in [3.63, 3.8) is 0 Å². The Bertz CT molecular complexity index is 1180. The van der Waals surface area contributed by atoms with Crippen LogP contribution in [0.4, 0.5) is 0 Å². The van der Waals surface area contributed by atoms with Crippen molar-refractivity contribution in [2.75, 3.05) is 40.0 Å². The standard InChI is InChI=1S/C26H30ClNO8S/c1-3-15-35-26(30)24-17-20(19-4-6-21(27)7-5-19)18-25(36-24)34-16-13-28(12-14-29)37(31,32)23-10-8-22(33-2)9-11-23/h3-11,17,20,25,29H,1,12-16,18H2,2H3/t20-,25+/m0/s1. The molecule has 0 aliphatic carbocycles. The second kappa shape index (κ2) is 13.6. The third-order valence-corrected chi connectivity index (χ3v) is 7.74. The Morgan fingerprint density at radius 2 is 1.89 bits per heavy atom. The number of sulfonamides is 1. The summed E-state index contributed by atoms with van der Waals surface area (Å²) >= 11 is 6.01. The number of hydrogen-bond acceptors (Lipinski definition) is 8. The predicted molar refractivity (Wildman–Crippen MR) is 138 cm³/mol. The summed E-state index contributed by atoms with van der Waals surface area (Å²) in [5.41, 5.74) is 0.902. The molecule has 2 aromatic carbocycles. The number of benzene rings is 2. The van der Waals surface area contributed by atoms with Gasteiger partial charge in [-0.2, -0.15) is 4.31 Å². The number of aliphatic hydroxyl groups is 1. The summed E-state index contributed by atoms with van der Waals surface area (Å²) in [5, 5.41) is 10.0. The van der Waals surface area contributed by atoms with Crippen molar-refractivity contribution in [1.82, 2.24) is 4.31 Å². The lowest BCUT2D eigenvalue weighted by atomic mass is 9.93. The number of allylic oxidation sites excluding steroid dienone is 1. The Morgan fingerprint density at radius 1 is 1.19 bits per heavy atom. The molecule has 0 aromatic heterocycles. The highest BCUT2D eigenvalue weighted by Gasteiger charge is 2.30. The highest BCUT2D eigenvalue weighted by molar-refractivity contribution is 7.89. The van der Waals surface area contributed by atoms with Crippen LogP contribution in [0.15, 0.2) is 77.9 Å². The summed E-state index contributed by atoms with van der Waals surface area (Å²) in [6.45, 7) is 3.00. The molecule has 2 atom stereocenters. The normalized spacial score (nSPS) is 17.6. The monoisotopic (exact) mass is 551 g/mol. The van der Waals surface area contributed by atoms with E-state index in [0.717, 1.165) is 9.87 Å². The van der Waals surface area contributed by atoms with Gasteiger partial charge in [0.15, 0.2) is 0 Å². The van der Waals surface area contributed by atoms with E-state index in [2.05, 4.69) is 6.58 Å². The SMILES string of the molecule is C=CCOC(=O)C1=C[C@H](c2ccc(Cl)cc2)C[C@H](OCCN(CCO)S(=O)(=O)c2ccc(OC)cc2)O1. The molecule has 0 radical (unpaired) electrons. The first-order valence-corrected chi connectivity index (χ1v) is 13.4. The summed E-state index contributed by atoms with van der Waals surface area (Å²) in [6.07, 6.45) is 2.66. The minimum absolute atomic E-state index is 0.00359. The van der Waals surface area contributed by atoms with Crippen molar-refractivity contribution >= 4 is 27.6 Å². The Hall–Kier alpha value is -2.89. The molecule has 0 spiro atoms. The van der Waals surface area contributed by atoms with Crippen LogP contribution in [-0.2, 0) is 29.0 Å². The summed E-state index contributed by atoms with van der Waals surface area (Å²) in [6, 6.07) is 13.2. The van der Waals surface area contributed by atoms with E-state index in [1.54, 1.807) is 30.3 Å². The van der Waals surface area contributed by atoms with E-state index in [9.17, 15) is 18.3 Å². The van der Waals surface area contributed by atoms with E-state index in [-0.39, 0.29) is 49.5 Å². The average molecular weight is 552 g/mol. The smallest absolute Gasteiger partial charge is 0.373 e. The van der Waals surface area contributed by atoms with Crippen LogP contribution in [0.3, 0.4) is 0 Å². The topological polar surface area (TPSA) is 112 Å². The number of ether oxygens (including phenoxy) is 4. The minimum Gasteiger partial charge on any atom is -0.497 e. The molecular formula is C26H30ClNO8S. The molecule has 0 saturated carbocycles. The molecule has 37 heavy (non-hydrogen) atoms. The molecule has 0 fully saturated rings. The second-order valence-corrected chi connectivity index (χ2v) is 10.4. The summed E-state index contributed by atoms with van der Waals surface area (Å²) < 4.78 is 49.1. The van der Waals surface area contributed by atoms with Crippen LogP contribution in [0.1, 0.15) is 17.9 Å². The van der Waals surface area contributed by atoms with Gasteiger partial charge in [-0.1, -0.05) is 36.4 Å². The second-order valence-electron chi connectivity index (χ2n) is 8.03. The van der Waals surface area contributed by atoms with Crippen LogP contribution >= 0.6 is 11.6 Å². The number of nitrogens with zero attached hydrogens (tertiary/aromatic N) is 1. The number of methoxy groups -OCH3 is 1. The minimum atomic E-state index is -3.89. The molecule has 2 aromatic rings. The average Bonchev–Trinajstić information content (AvgIpc) is 2.91. The van der Waals surface area contributed by atoms with Crippen molar-refractivity contribution < 1.29 is 37.3 Å². The van der Waals surface area contributed by atoms with Crippen LogP contribution in [0.2, 0.25) is 5.02 Å². The van der Waals surface area contributed by atoms with Crippen LogP contribution in [-0.4, -0.2) is 70.1 Å². The highest BCUT2D eigenvalue weighted by Crippen LogP contribution is 2.32. The van der Waals surface area contributed by atoms with E-state index < -0.39 is 22.3 Å². The molecular weight excluding hydrogens is 522 g/mol. The van der Waals surface area contributed by atoms with Crippen LogP contribution < -0.4 is 4.74 Å². The Morgan fingerprint density at radius 3 is 2.51 bits per heavy atom. The van der Waals surface area contributed by atoms with Crippen molar-refractivity contribution in [1.29, 1.82) is 0 Å². The zero-order valence-electron chi connectivity index (χ0n) is 20.4. The molecule has 0 bridgehead atoms. The van der Waals surface area contributed by atoms with Gasteiger partial charge in [-0.05, 0) is 48.0 Å². The van der Waals surface area contributed by atoms with Gasteiger partial charge < -0.3 is 24.1 Å². The van der Waals surface area contributed by atoms with Gasteiger partial charge in [-0.15, -0.1) is 0 Å². The maximum absolute atomic E-state index is 13.1. The molecule has 0 unspecified atom stereocenters. The largest absolute Gasteiger partial charge is 0.497 e. The van der Waals surface area contributed by atoms with Gasteiger partial charge in [0.1, 0.15) is 12.4 Å². The van der Waals surface area contributed by atoms with Gasteiger partial charge in [0.25, 0.3) is 0 Å². The number of carbonyl (C=O) groups excluding carboxylic acids is 1. The van der Waals surface area contributed by atoms with Crippen LogP contribution in [0, 0.1) is 0 Å². The zero-order chi connectivity index (χ0) is 26.8. The zero-order valence-corrected chi connectivity index (χ0v) is 22.0. The van der Waals surface area contributed by atoms with Crippen molar-refractivity contribution in [3.05, 3.63) is 83.6 Å². The molecule has 11 heteroatoms. The number of aliphatic hydroxyl groups excluding tert-OH is 1. The van der Waals surface area contributed by atoms with Gasteiger partial charge in [-0.25, -0.2) is 13.2 Å². The number of hydrogen-bond donors (Lipinski definition) is 1. The summed E-state index contributed by atoms with van der Waals surface area (Å²) in [5.74, 6) is -0.359. The number of halogens is 1. The third kappa shape index (κ3) is 7.80. The van der Waals surface area contributed by atoms with E-state index in [1.807, 2.05) is 12.1 Å². The van der Waals surface area contributed by atoms with Gasteiger partial charge in [0.05, 0.1) is 25.2 Å². The maximum atomic E-state index is 13.1. The van der Waals surface area contributed by atoms with E-state index in [4.69, 9.17) is 30.5 Å². The molecule has 0 amide bonds. The Balaban J connectivity index is 1.71. The lowest BCUT2D eigenvalue weighted by Gasteiger charge is -2.30. The summed E-state index contributed by atoms with van der Waals surface area (Å²) in [4.78, 5) is 12.5. The first-order valence-electron chi connectivity index (χ1n) is 11.6. The lowest BCUT2D eigenvalue weighted by molar-refractivity contribution is -0.160. The van der Waals surface area contributed by atoms with Gasteiger partial charge >= 0.3 is 5.97 Å². The molecule has 200 valence electrons. The molecule has 1 N–H and O–H groups in total. The Labute approximate surface area is 221 Å². The maximum Gasteiger partial charge on any atom is 0.373 e. The molecule has 3 rings (SSSR count). The van der Waals surface area contributed by atoms with E-state index in [1.165, 1.54) is 25.3 Å². The van der Waals surface area contributed by atoms with Crippen LogP contribution in [0.5, 0.6) is 5.75 Å². The highest BCUT2D eigenvalue weighted by atomic mass is 35.5. The lowest BCUT2D eigenvalue weighted by Crippen LogP contribution is -2.37. The van der Waals surface area contributed by atoms with Crippen LogP contribution in [0.25, 0.3) is 0 Å². The first-order chi connectivity index (χ1) is 17.8. The fraction of sp³-hybridized carbons (Fsp3) is 0.346. The quantitative estimate of drug-likeness (QED) is 0.297. The number of esters is 1. The van der Waals surface area contributed by atoms with E-state index >= 15 is 0 Å². The van der Waals surface area contributed by atoms with Gasteiger partial charge in [0.2, 0.25) is 22.1 Å². The van der Waals surface area contributed by atoms with Crippen molar-refractivity contribution in [2.24, 2.45) is 0 Å². The Kier molecular flexibility index (Phi) is 10.5. The molecule has 1 aliphatic rings. The van der Waals surface area contributed by atoms with E-state index in [0.29, 0.717) is 17.2 Å². The van der Waals surface area contributed by atoms with Gasteiger partial charge in [0, 0.05) is 30.5 Å². The molecule has 9 nitrogen and oxygen atoms in total. The van der Waals surface area contributed by atoms with Gasteiger partial charge in [-0.3, -0.25) is 0 Å². The first kappa shape index (κ1) is 28.7. The predicted octanol–water partition coefficient (Wildman–Crippen LogP) is 3.49.